The predicted molar refractivity (Wildman–Crippen MR) is 78.8 cm³/mol. The summed E-state index contributed by atoms with van der Waals surface area (Å²) < 4.78 is 5.21. The minimum atomic E-state index is -0.416. The van der Waals surface area contributed by atoms with Crippen molar-refractivity contribution in [3.05, 3.63) is 41.3 Å². The maximum absolute atomic E-state index is 12.1. The molecule has 0 bridgehead atoms. The lowest BCUT2D eigenvalue weighted by Crippen LogP contribution is -2.28. The SMILES string of the molecule is N#CC1=C(NC(=O)c2ccc(N3C(=O)CCC3=O)cc2)OCC1. The van der Waals surface area contributed by atoms with Gasteiger partial charge in [-0.1, -0.05) is 0 Å². The Morgan fingerprint density at radius 2 is 1.78 bits per heavy atom. The summed E-state index contributed by atoms with van der Waals surface area (Å²) in [5, 5.41) is 11.5. The Labute approximate surface area is 132 Å². The molecule has 7 heteroatoms. The van der Waals surface area contributed by atoms with E-state index < -0.39 is 5.91 Å². The molecular formula is C16H13N3O4. The van der Waals surface area contributed by atoms with Crippen LogP contribution in [0.1, 0.15) is 29.6 Å². The van der Waals surface area contributed by atoms with Crippen molar-refractivity contribution in [2.45, 2.75) is 19.3 Å². The van der Waals surface area contributed by atoms with E-state index in [4.69, 9.17) is 10.00 Å². The summed E-state index contributed by atoms with van der Waals surface area (Å²) in [6.07, 6.45) is 0.900. The molecule has 0 aromatic heterocycles. The molecule has 0 atom stereocenters. The van der Waals surface area contributed by atoms with E-state index >= 15 is 0 Å². The third kappa shape index (κ3) is 2.79. The zero-order valence-electron chi connectivity index (χ0n) is 12.2. The van der Waals surface area contributed by atoms with Crippen LogP contribution in [0.5, 0.6) is 0 Å². The van der Waals surface area contributed by atoms with Gasteiger partial charge in [-0.15, -0.1) is 0 Å². The van der Waals surface area contributed by atoms with Crippen molar-refractivity contribution in [2.24, 2.45) is 0 Å². The molecule has 2 aliphatic heterocycles. The smallest absolute Gasteiger partial charge is 0.257 e. The number of anilines is 1. The Bertz CT molecular complexity index is 743. The molecule has 23 heavy (non-hydrogen) atoms. The number of nitrogens with one attached hydrogen (secondary N) is 1. The van der Waals surface area contributed by atoms with Crippen LogP contribution in [0, 0.1) is 11.3 Å². The van der Waals surface area contributed by atoms with Crippen LogP contribution in [0.3, 0.4) is 0 Å². The number of nitrogens with zero attached hydrogens (tertiary/aromatic N) is 2. The minimum absolute atomic E-state index is 0.187. The van der Waals surface area contributed by atoms with Gasteiger partial charge in [-0.3, -0.25) is 24.6 Å². The van der Waals surface area contributed by atoms with Gasteiger partial charge in [-0.05, 0) is 24.3 Å². The molecule has 3 amide bonds. The summed E-state index contributed by atoms with van der Waals surface area (Å²) in [5.74, 6) is -0.711. The fraction of sp³-hybridized carbons (Fsp3) is 0.250. The van der Waals surface area contributed by atoms with Crippen LogP contribution in [-0.2, 0) is 14.3 Å². The van der Waals surface area contributed by atoms with Gasteiger partial charge in [-0.2, -0.15) is 5.26 Å². The predicted octanol–water partition coefficient (Wildman–Crippen LogP) is 1.23. The van der Waals surface area contributed by atoms with E-state index in [0.29, 0.717) is 29.9 Å². The molecule has 2 heterocycles. The number of hydrogen-bond donors (Lipinski definition) is 1. The molecule has 0 saturated carbocycles. The molecule has 2 aliphatic rings. The summed E-state index contributed by atoms with van der Waals surface area (Å²) in [6.45, 7) is 0.372. The fourth-order valence-corrected chi connectivity index (χ4v) is 2.48. The molecule has 1 saturated heterocycles. The van der Waals surface area contributed by atoms with E-state index in [9.17, 15) is 14.4 Å². The third-order valence-corrected chi connectivity index (χ3v) is 3.67. The van der Waals surface area contributed by atoms with Crippen LogP contribution in [0.15, 0.2) is 35.7 Å². The summed E-state index contributed by atoms with van der Waals surface area (Å²) in [5.41, 5.74) is 1.19. The molecule has 3 rings (SSSR count). The van der Waals surface area contributed by atoms with Crippen molar-refractivity contribution < 1.29 is 19.1 Å². The summed E-state index contributed by atoms with van der Waals surface area (Å²) in [4.78, 5) is 36.6. The number of ether oxygens (including phenoxy) is 1. The van der Waals surface area contributed by atoms with Crippen LogP contribution in [-0.4, -0.2) is 24.3 Å². The maximum Gasteiger partial charge on any atom is 0.257 e. The average molecular weight is 311 g/mol. The second-order valence-corrected chi connectivity index (χ2v) is 5.14. The maximum atomic E-state index is 12.1. The first-order chi connectivity index (χ1) is 11.1. The van der Waals surface area contributed by atoms with Gasteiger partial charge < -0.3 is 4.74 Å². The topological polar surface area (TPSA) is 99.5 Å². The first kappa shape index (κ1) is 14.8. The molecule has 1 aromatic rings. The molecule has 1 N–H and O–H groups in total. The zero-order chi connectivity index (χ0) is 16.4. The number of carbonyl (C=O) groups is 3. The molecule has 1 aromatic carbocycles. The van der Waals surface area contributed by atoms with Gasteiger partial charge in [0.25, 0.3) is 5.91 Å². The normalized spacial score (nSPS) is 17.3. The van der Waals surface area contributed by atoms with Crippen molar-refractivity contribution in [1.29, 1.82) is 5.26 Å². The van der Waals surface area contributed by atoms with Gasteiger partial charge in [-0.25, -0.2) is 0 Å². The van der Waals surface area contributed by atoms with Crippen LogP contribution in [0.4, 0.5) is 5.69 Å². The zero-order valence-corrected chi connectivity index (χ0v) is 12.2. The number of amides is 3. The van der Waals surface area contributed by atoms with Crippen LogP contribution in [0.2, 0.25) is 0 Å². The molecular weight excluding hydrogens is 298 g/mol. The van der Waals surface area contributed by atoms with Crippen molar-refractivity contribution in [2.75, 3.05) is 11.5 Å². The standard InChI is InChI=1S/C16H13N3O4/c17-9-11-7-8-23-16(11)18-15(22)10-1-3-12(4-2-10)19-13(20)5-6-14(19)21/h1-4H,5-8H2,(H,18,22). The number of imide groups is 1. The van der Waals surface area contributed by atoms with Gasteiger partial charge in [0.2, 0.25) is 17.7 Å². The van der Waals surface area contributed by atoms with Crippen LogP contribution >= 0.6 is 0 Å². The average Bonchev–Trinajstić information content (AvgIpc) is 3.14. The van der Waals surface area contributed by atoms with Crippen LogP contribution in [0.25, 0.3) is 0 Å². The molecule has 0 spiro atoms. The highest BCUT2D eigenvalue weighted by Crippen LogP contribution is 2.23. The quantitative estimate of drug-likeness (QED) is 0.846. The number of carbonyl (C=O) groups excluding carboxylic acids is 3. The second-order valence-electron chi connectivity index (χ2n) is 5.14. The lowest BCUT2D eigenvalue weighted by molar-refractivity contribution is -0.121. The Hall–Kier alpha value is -3.14. The molecule has 0 unspecified atom stereocenters. The monoisotopic (exact) mass is 311 g/mol. The molecule has 116 valence electrons. The van der Waals surface area contributed by atoms with Gasteiger partial charge in [0, 0.05) is 24.8 Å². The minimum Gasteiger partial charge on any atom is -0.478 e. The van der Waals surface area contributed by atoms with Gasteiger partial charge in [0.05, 0.1) is 17.9 Å². The van der Waals surface area contributed by atoms with E-state index in [1.807, 2.05) is 6.07 Å². The number of benzene rings is 1. The van der Waals surface area contributed by atoms with Crippen molar-refractivity contribution in [3.8, 4) is 6.07 Å². The summed E-state index contributed by atoms with van der Waals surface area (Å²) in [7, 11) is 0. The molecule has 7 nitrogen and oxygen atoms in total. The van der Waals surface area contributed by atoms with E-state index in [-0.39, 0.29) is 30.5 Å². The second kappa shape index (κ2) is 5.93. The Morgan fingerprint density at radius 3 is 2.39 bits per heavy atom. The fourth-order valence-electron chi connectivity index (χ4n) is 2.48. The summed E-state index contributed by atoms with van der Waals surface area (Å²) in [6, 6.07) is 8.12. The third-order valence-electron chi connectivity index (χ3n) is 3.67. The van der Waals surface area contributed by atoms with Crippen molar-refractivity contribution >= 4 is 23.4 Å². The van der Waals surface area contributed by atoms with Gasteiger partial charge >= 0.3 is 0 Å². The first-order valence-electron chi connectivity index (χ1n) is 7.13. The number of hydrogen-bond acceptors (Lipinski definition) is 5. The van der Waals surface area contributed by atoms with E-state index in [2.05, 4.69) is 5.32 Å². The number of nitriles is 1. The highest BCUT2D eigenvalue weighted by atomic mass is 16.5. The molecule has 1 fully saturated rings. The largest absolute Gasteiger partial charge is 0.478 e. The van der Waals surface area contributed by atoms with E-state index in [1.165, 1.54) is 12.1 Å². The lowest BCUT2D eigenvalue weighted by Gasteiger charge is -2.14. The molecule has 0 aliphatic carbocycles. The lowest BCUT2D eigenvalue weighted by atomic mass is 10.2. The van der Waals surface area contributed by atoms with E-state index in [0.717, 1.165) is 4.90 Å². The van der Waals surface area contributed by atoms with Crippen molar-refractivity contribution in [3.63, 3.8) is 0 Å². The number of rotatable bonds is 3. The van der Waals surface area contributed by atoms with E-state index in [1.54, 1.807) is 12.1 Å². The highest BCUT2D eigenvalue weighted by Gasteiger charge is 2.30. The Balaban J connectivity index is 1.75. The van der Waals surface area contributed by atoms with Gasteiger partial charge in [0.15, 0.2) is 0 Å². The van der Waals surface area contributed by atoms with Gasteiger partial charge in [0.1, 0.15) is 6.07 Å². The van der Waals surface area contributed by atoms with Crippen molar-refractivity contribution in [1.82, 2.24) is 5.32 Å². The first-order valence-corrected chi connectivity index (χ1v) is 7.13. The Morgan fingerprint density at radius 1 is 1.13 bits per heavy atom. The highest BCUT2D eigenvalue weighted by molar-refractivity contribution is 6.19. The Kier molecular flexibility index (Phi) is 3.81. The molecule has 0 radical (unpaired) electrons. The summed E-state index contributed by atoms with van der Waals surface area (Å²) >= 11 is 0. The van der Waals surface area contributed by atoms with Crippen LogP contribution < -0.4 is 10.2 Å².